The summed E-state index contributed by atoms with van der Waals surface area (Å²) in [6, 6.07) is 13.5. The molecule has 1 atom stereocenters. The minimum atomic E-state index is -0.0994. The van der Waals surface area contributed by atoms with Crippen LogP contribution in [0, 0.1) is 12.8 Å². The fraction of sp³-hybridized carbons (Fsp3) is 0.385. The number of rotatable bonds is 7. The molecule has 0 spiro atoms. The third-order valence-electron chi connectivity index (χ3n) is 6.27. The van der Waals surface area contributed by atoms with Crippen LogP contribution < -0.4 is 5.32 Å². The Kier molecular flexibility index (Phi) is 7.22. The third kappa shape index (κ3) is 5.37. The largest absolute Gasteiger partial charge is 0.343 e. The van der Waals surface area contributed by atoms with E-state index < -0.39 is 0 Å². The average molecular weight is 430 g/mol. The van der Waals surface area contributed by atoms with E-state index in [9.17, 15) is 4.79 Å². The summed E-state index contributed by atoms with van der Waals surface area (Å²) in [5.41, 5.74) is 3.78. The van der Waals surface area contributed by atoms with Crippen molar-refractivity contribution in [1.82, 2.24) is 25.2 Å². The number of hydrogen-bond donors (Lipinski definition) is 1. The van der Waals surface area contributed by atoms with E-state index in [1.165, 1.54) is 0 Å². The number of nitrogens with zero attached hydrogens (tertiary/aromatic N) is 4. The van der Waals surface area contributed by atoms with Gasteiger partial charge in [-0.3, -0.25) is 14.7 Å². The second-order valence-corrected chi connectivity index (χ2v) is 8.50. The lowest BCUT2D eigenvalue weighted by Gasteiger charge is -2.36. The topological polar surface area (TPSA) is 71.0 Å². The van der Waals surface area contributed by atoms with Crippen LogP contribution in [0.3, 0.4) is 0 Å². The van der Waals surface area contributed by atoms with E-state index in [1.54, 1.807) is 6.20 Å². The SMILES string of the molecule is CCc1ncc(CN2CCC([C@@H](NC(=O)c3ccccc3C)c3ccccn3)CC2)cn1. The second-order valence-electron chi connectivity index (χ2n) is 8.50. The summed E-state index contributed by atoms with van der Waals surface area (Å²) < 4.78 is 0. The number of carbonyl (C=O) groups is 1. The van der Waals surface area contributed by atoms with Crippen LogP contribution in [-0.4, -0.2) is 38.8 Å². The zero-order valence-electron chi connectivity index (χ0n) is 18.9. The van der Waals surface area contributed by atoms with Crippen molar-refractivity contribution in [3.63, 3.8) is 0 Å². The molecule has 0 unspecified atom stereocenters. The molecule has 1 aliphatic heterocycles. The summed E-state index contributed by atoms with van der Waals surface area (Å²) in [5, 5.41) is 3.30. The van der Waals surface area contributed by atoms with Gasteiger partial charge in [-0.25, -0.2) is 9.97 Å². The minimum Gasteiger partial charge on any atom is -0.343 e. The van der Waals surface area contributed by atoms with Gasteiger partial charge in [0.05, 0.1) is 11.7 Å². The predicted octanol–water partition coefficient (Wildman–Crippen LogP) is 4.13. The van der Waals surface area contributed by atoms with E-state index in [1.807, 2.05) is 61.8 Å². The van der Waals surface area contributed by atoms with Gasteiger partial charge in [-0.2, -0.15) is 0 Å². The molecule has 2 aromatic heterocycles. The molecule has 0 radical (unpaired) electrons. The maximum absolute atomic E-state index is 13.1. The molecular weight excluding hydrogens is 398 g/mol. The fourth-order valence-corrected chi connectivity index (χ4v) is 4.39. The maximum atomic E-state index is 13.1. The first-order valence-electron chi connectivity index (χ1n) is 11.4. The number of benzene rings is 1. The lowest BCUT2D eigenvalue weighted by molar-refractivity contribution is 0.0887. The highest BCUT2D eigenvalue weighted by molar-refractivity contribution is 5.95. The number of likely N-dealkylation sites (tertiary alicyclic amines) is 1. The van der Waals surface area contributed by atoms with Crippen molar-refractivity contribution < 1.29 is 4.79 Å². The average Bonchev–Trinajstić information content (AvgIpc) is 2.84. The minimum absolute atomic E-state index is 0.0330. The molecule has 1 fully saturated rings. The quantitative estimate of drug-likeness (QED) is 0.612. The molecule has 1 aromatic carbocycles. The van der Waals surface area contributed by atoms with Crippen LogP contribution in [-0.2, 0) is 13.0 Å². The van der Waals surface area contributed by atoms with Crippen molar-refractivity contribution in [2.45, 2.75) is 45.7 Å². The molecule has 3 heterocycles. The van der Waals surface area contributed by atoms with Crippen molar-refractivity contribution in [3.8, 4) is 0 Å². The summed E-state index contributed by atoms with van der Waals surface area (Å²) >= 11 is 0. The standard InChI is InChI=1S/C26H31N5O/c1-3-24-28-16-20(17-29-24)18-31-14-11-21(12-15-31)25(23-10-6-7-13-27-23)30-26(32)22-9-5-4-8-19(22)2/h4-10,13,16-17,21,25H,3,11-12,14-15,18H2,1-2H3,(H,30,32)/t25-/m1/s1. The maximum Gasteiger partial charge on any atom is 0.252 e. The van der Waals surface area contributed by atoms with Gasteiger partial charge in [0.25, 0.3) is 5.91 Å². The van der Waals surface area contributed by atoms with Gasteiger partial charge in [0, 0.05) is 42.7 Å². The molecule has 1 saturated heterocycles. The lowest BCUT2D eigenvalue weighted by atomic mass is 9.87. The van der Waals surface area contributed by atoms with Crippen LogP contribution in [0.25, 0.3) is 0 Å². The van der Waals surface area contributed by atoms with E-state index in [0.29, 0.717) is 5.92 Å². The Labute approximate surface area is 190 Å². The molecular formula is C26H31N5O. The van der Waals surface area contributed by atoms with Crippen LogP contribution in [0.15, 0.2) is 61.1 Å². The van der Waals surface area contributed by atoms with E-state index >= 15 is 0 Å². The number of pyridine rings is 1. The molecule has 4 rings (SSSR count). The van der Waals surface area contributed by atoms with E-state index in [2.05, 4.69) is 32.1 Å². The molecule has 6 nitrogen and oxygen atoms in total. The number of amides is 1. The molecule has 0 bridgehead atoms. The highest BCUT2D eigenvalue weighted by Crippen LogP contribution is 2.31. The lowest BCUT2D eigenvalue weighted by Crippen LogP contribution is -2.41. The Hall–Kier alpha value is -3.12. The second kappa shape index (κ2) is 10.5. The molecule has 1 aliphatic rings. The van der Waals surface area contributed by atoms with Crippen molar-refractivity contribution in [1.29, 1.82) is 0 Å². The number of piperidine rings is 1. The first-order chi connectivity index (χ1) is 15.6. The number of carbonyl (C=O) groups excluding carboxylic acids is 1. The number of nitrogens with one attached hydrogen (secondary N) is 1. The number of aryl methyl sites for hydroxylation is 2. The van der Waals surface area contributed by atoms with Gasteiger partial charge in [-0.15, -0.1) is 0 Å². The summed E-state index contributed by atoms with van der Waals surface area (Å²) in [6.45, 7) is 6.85. The zero-order valence-corrected chi connectivity index (χ0v) is 18.9. The molecule has 1 N–H and O–H groups in total. The first-order valence-corrected chi connectivity index (χ1v) is 11.4. The normalized spacial score (nSPS) is 15.9. The van der Waals surface area contributed by atoms with Crippen LogP contribution in [0.4, 0.5) is 0 Å². The van der Waals surface area contributed by atoms with Gasteiger partial charge in [0.1, 0.15) is 5.82 Å². The molecule has 0 aliphatic carbocycles. The first kappa shape index (κ1) is 22.1. The number of hydrogen-bond acceptors (Lipinski definition) is 5. The Balaban J connectivity index is 1.43. The predicted molar refractivity (Wildman–Crippen MR) is 125 cm³/mol. The molecule has 166 valence electrons. The Bertz CT molecular complexity index is 1010. The summed E-state index contributed by atoms with van der Waals surface area (Å²) in [5.74, 6) is 1.19. The summed E-state index contributed by atoms with van der Waals surface area (Å²) in [7, 11) is 0. The van der Waals surface area contributed by atoms with Gasteiger partial charge in [0.2, 0.25) is 0 Å². The summed E-state index contributed by atoms with van der Waals surface area (Å²) in [4.78, 5) is 29.0. The van der Waals surface area contributed by atoms with Gasteiger partial charge in [0.15, 0.2) is 0 Å². The number of aromatic nitrogens is 3. The Morgan fingerprint density at radius 3 is 2.44 bits per heavy atom. The molecule has 0 saturated carbocycles. The fourth-order valence-electron chi connectivity index (χ4n) is 4.39. The molecule has 32 heavy (non-hydrogen) atoms. The molecule has 6 heteroatoms. The van der Waals surface area contributed by atoms with Crippen LogP contribution in [0.1, 0.15) is 58.8 Å². The molecule has 3 aromatic rings. The summed E-state index contributed by atoms with van der Waals surface area (Å²) in [6.07, 6.45) is 8.55. The van der Waals surface area contributed by atoms with E-state index in [-0.39, 0.29) is 11.9 Å². The smallest absolute Gasteiger partial charge is 0.252 e. The Morgan fingerprint density at radius 2 is 1.78 bits per heavy atom. The van der Waals surface area contributed by atoms with Gasteiger partial charge < -0.3 is 5.32 Å². The van der Waals surface area contributed by atoms with Crippen LogP contribution in [0.5, 0.6) is 0 Å². The van der Waals surface area contributed by atoms with Crippen LogP contribution in [0.2, 0.25) is 0 Å². The van der Waals surface area contributed by atoms with Gasteiger partial charge in [-0.1, -0.05) is 31.2 Å². The van der Waals surface area contributed by atoms with Crippen LogP contribution >= 0.6 is 0 Å². The van der Waals surface area contributed by atoms with Crippen molar-refractivity contribution in [2.75, 3.05) is 13.1 Å². The van der Waals surface area contributed by atoms with Gasteiger partial charge >= 0.3 is 0 Å². The highest BCUT2D eigenvalue weighted by Gasteiger charge is 2.30. The van der Waals surface area contributed by atoms with Crippen molar-refractivity contribution in [2.24, 2.45) is 5.92 Å². The van der Waals surface area contributed by atoms with Crippen molar-refractivity contribution in [3.05, 3.63) is 89.3 Å². The third-order valence-corrected chi connectivity index (χ3v) is 6.27. The molecule has 1 amide bonds. The zero-order chi connectivity index (χ0) is 22.3. The monoisotopic (exact) mass is 429 g/mol. The van der Waals surface area contributed by atoms with Crippen molar-refractivity contribution >= 4 is 5.91 Å². The van der Waals surface area contributed by atoms with E-state index in [0.717, 1.165) is 67.1 Å². The Morgan fingerprint density at radius 1 is 1.06 bits per heavy atom. The van der Waals surface area contributed by atoms with Gasteiger partial charge in [-0.05, 0) is 62.5 Å². The van der Waals surface area contributed by atoms with E-state index in [4.69, 9.17) is 0 Å². The highest BCUT2D eigenvalue weighted by atomic mass is 16.1.